The molecule has 3 N–H and O–H groups in total. The predicted octanol–water partition coefficient (Wildman–Crippen LogP) is 3.18. The van der Waals surface area contributed by atoms with Crippen molar-refractivity contribution >= 4 is 29.3 Å². The van der Waals surface area contributed by atoms with Crippen LogP contribution in [0, 0.1) is 0 Å². The Morgan fingerprint density at radius 1 is 1.19 bits per heavy atom. The summed E-state index contributed by atoms with van der Waals surface area (Å²) < 4.78 is 10.9. The first-order chi connectivity index (χ1) is 12.6. The van der Waals surface area contributed by atoms with Gasteiger partial charge >= 0.3 is 5.97 Å². The Kier molecular flexibility index (Phi) is 4.05. The fourth-order valence-corrected chi connectivity index (χ4v) is 4.10. The van der Waals surface area contributed by atoms with Gasteiger partial charge < -0.3 is 19.6 Å². The largest absolute Gasteiger partial charge is 0.480 e. The van der Waals surface area contributed by atoms with Gasteiger partial charge in [0.15, 0.2) is 11.5 Å². The molecule has 2 aliphatic heterocycles. The van der Waals surface area contributed by atoms with Crippen LogP contribution in [-0.2, 0) is 16.8 Å². The number of aromatic nitrogens is 1. The molecule has 0 spiro atoms. The summed E-state index contributed by atoms with van der Waals surface area (Å²) in [5, 5.41) is 14.1. The Bertz CT molecular complexity index is 1050. The maximum Gasteiger partial charge on any atom is 0.321 e. The number of benzene rings is 2. The van der Waals surface area contributed by atoms with Gasteiger partial charge in [0.25, 0.3) is 0 Å². The van der Waals surface area contributed by atoms with Crippen molar-refractivity contribution in [1.29, 1.82) is 0 Å². The molecule has 2 aromatic carbocycles. The number of carboxylic acids is 1. The molecule has 2 atom stereocenters. The van der Waals surface area contributed by atoms with E-state index >= 15 is 0 Å². The maximum atomic E-state index is 11.8. The lowest BCUT2D eigenvalue weighted by Gasteiger charge is -2.39. The van der Waals surface area contributed by atoms with Gasteiger partial charge in [0.05, 0.1) is 5.54 Å². The summed E-state index contributed by atoms with van der Waals surface area (Å²) in [4.78, 5) is 15.3. The lowest BCUT2D eigenvalue weighted by molar-refractivity contribution is -0.140. The van der Waals surface area contributed by atoms with Crippen molar-refractivity contribution in [3.63, 3.8) is 0 Å². The molecular weight excluding hydrogens is 368 g/mol. The minimum atomic E-state index is -0.854. The molecule has 0 fully saturated rings. The van der Waals surface area contributed by atoms with Crippen LogP contribution in [0.15, 0.2) is 42.5 Å². The van der Waals surface area contributed by atoms with Crippen LogP contribution in [0.4, 0.5) is 0 Å². The second-order valence-corrected chi connectivity index (χ2v) is 6.96. The molecule has 0 saturated heterocycles. The number of carbonyl (C=O) groups is 1. The van der Waals surface area contributed by atoms with Crippen molar-refractivity contribution in [2.24, 2.45) is 0 Å². The minimum absolute atomic E-state index is 0. The van der Waals surface area contributed by atoms with Crippen molar-refractivity contribution in [2.45, 2.75) is 24.9 Å². The molecule has 27 heavy (non-hydrogen) atoms. The SMILES string of the molecule is C[C@]1(c2ccc3c(c2)OCO3)N[C@@H](C(=O)O)Cc2c1[nH]c1ccccc21.Cl. The van der Waals surface area contributed by atoms with Gasteiger partial charge in [0.1, 0.15) is 6.04 Å². The molecule has 3 heterocycles. The van der Waals surface area contributed by atoms with E-state index in [1.807, 2.05) is 49.4 Å². The standard InChI is InChI=1S/C20H18N2O4.ClH/c1-20(11-6-7-16-17(8-11)26-10-25-16)18-13(9-15(22-20)19(23)24)12-4-2-3-5-14(12)21-18;/h2-8,15,21-22H,9-10H2,1H3,(H,23,24);1H/t15-,20-;/m1./s1. The molecule has 0 unspecified atom stereocenters. The summed E-state index contributed by atoms with van der Waals surface area (Å²) >= 11 is 0. The fraction of sp³-hybridized carbons (Fsp3) is 0.250. The number of para-hydroxylation sites is 1. The van der Waals surface area contributed by atoms with Crippen LogP contribution in [0.1, 0.15) is 23.7 Å². The summed E-state index contributed by atoms with van der Waals surface area (Å²) in [7, 11) is 0. The number of nitrogens with one attached hydrogen (secondary N) is 2. The van der Waals surface area contributed by atoms with Crippen LogP contribution in [-0.4, -0.2) is 28.9 Å². The van der Waals surface area contributed by atoms with Crippen LogP contribution in [0.25, 0.3) is 10.9 Å². The first-order valence-electron chi connectivity index (χ1n) is 8.57. The van der Waals surface area contributed by atoms with Crippen LogP contribution >= 0.6 is 12.4 Å². The van der Waals surface area contributed by atoms with E-state index in [4.69, 9.17) is 9.47 Å². The quantitative estimate of drug-likeness (QED) is 0.630. The van der Waals surface area contributed by atoms with Gasteiger partial charge in [-0.2, -0.15) is 0 Å². The van der Waals surface area contributed by atoms with Gasteiger partial charge in [-0.25, -0.2) is 0 Å². The number of hydrogen-bond donors (Lipinski definition) is 3. The minimum Gasteiger partial charge on any atom is -0.480 e. The average Bonchev–Trinajstić information content (AvgIpc) is 3.25. The van der Waals surface area contributed by atoms with Gasteiger partial charge in [-0.05, 0) is 36.2 Å². The molecule has 0 aliphatic carbocycles. The molecule has 7 heteroatoms. The summed E-state index contributed by atoms with van der Waals surface area (Å²) in [6.45, 7) is 2.21. The first-order valence-corrected chi connectivity index (χ1v) is 8.57. The number of ether oxygens (including phenoxy) is 2. The van der Waals surface area contributed by atoms with Crippen molar-refractivity contribution in [3.8, 4) is 11.5 Å². The molecule has 0 bridgehead atoms. The summed E-state index contributed by atoms with van der Waals surface area (Å²) in [5.41, 5.74) is 3.30. The number of rotatable bonds is 2. The van der Waals surface area contributed by atoms with E-state index < -0.39 is 17.6 Å². The Morgan fingerprint density at radius 3 is 2.78 bits per heavy atom. The third-order valence-electron chi connectivity index (χ3n) is 5.43. The van der Waals surface area contributed by atoms with Crippen LogP contribution in [0.5, 0.6) is 11.5 Å². The van der Waals surface area contributed by atoms with E-state index in [9.17, 15) is 9.90 Å². The Morgan fingerprint density at radius 2 is 1.96 bits per heavy atom. The summed E-state index contributed by atoms with van der Waals surface area (Å²) in [5.74, 6) is 0.536. The Labute approximate surface area is 161 Å². The number of aromatic amines is 1. The van der Waals surface area contributed by atoms with Crippen molar-refractivity contribution in [2.75, 3.05) is 6.79 Å². The molecule has 5 rings (SSSR count). The van der Waals surface area contributed by atoms with Crippen molar-refractivity contribution < 1.29 is 19.4 Å². The predicted molar refractivity (Wildman–Crippen MR) is 103 cm³/mol. The lowest BCUT2D eigenvalue weighted by atomic mass is 9.80. The number of aliphatic carboxylic acids is 1. The third kappa shape index (κ3) is 2.56. The molecule has 140 valence electrons. The van der Waals surface area contributed by atoms with Gasteiger partial charge in [-0.15, -0.1) is 12.4 Å². The topological polar surface area (TPSA) is 83.6 Å². The maximum absolute atomic E-state index is 11.8. The smallest absolute Gasteiger partial charge is 0.321 e. The van der Waals surface area contributed by atoms with Crippen molar-refractivity contribution in [3.05, 3.63) is 59.3 Å². The van der Waals surface area contributed by atoms with Gasteiger partial charge in [-0.1, -0.05) is 24.3 Å². The average molecular weight is 387 g/mol. The summed E-state index contributed by atoms with van der Waals surface area (Å²) in [6.07, 6.45) is 0.439. The van der Waals surface area contributed by atoms with E-state index in [1.165, 1.54) is 0 Å². The van der Waals surface area contributed by atoms with E-state index in [0.717, 1.165) is 27.7 Å². The van der Waals surface area contributed by atoms with Gasteiger partial charge in [0.2, 0.25) is 6.79 Å². The second-order valence-electron chi connectivity index (χ2n) is 6.96. The number of hydrogen-bond acceptors (Lipinski definition) is 4. The first kappa shape index (κ1) is 17.7. The zero-order valence-electron chi connectivity index (χ0n) is 14.6. The molecule has 2 aliphatic rings. The summed E-state index contributed by atoms with van der Waals surface area (Å²) in [6, 6.07) is 13.1. The zero-order chi connectivity index (χ0) is 17.9. The second kappa shape index (κ2) is 6.18. The van der Waals surface area contributed by atoms with Crippen molar-refractivity contribution in [1.82, 2.24) is 10.3 Å². The molecule has 0 amide bonds. The molecular formula is C20H19ClN2O4. The highest BCUT2D eigenvalue weighted by Crippen LogP contribution is 2.42. The van der Waals surface area contributed by atoms with Gasteiger partial charge in [0, 0.05) is 23.0 Å². The highest BCUT2D eigenvalue weighted by Gasteiger charge is 2.42. The zero-order valence-corrected chi connectivity index (χ0v) is 15.4. The molecule has 3 aromatic rings. The third-order valence-corrected chi connectivity index (χ3v) is 5.43. The van der Waals surface area contributed by atoms with Gasteiger partial charge in [-0.3, -0.25) is 10.1 Å². The molecule has 0 radical (unpaired) electrons. The molecule has 6 nitrogen and oxygen atoms in total. The van der Waals surface area contributed by atoms with E-state index in [1.54, 1.807) is 0 Å². The number of halogens is 1. The number of fused-ring (bicyclic) bond motifs is 4. The van der Waals surface area contributed by atoms with E-state index in [2.05, 4.69) is 10.3 Å². The van der Waals surface area contributed by atoms with Crippen LogP contribution < -0.4 is 14.8 Å². The molecule has 0 saturated carbocycles. The number of carboxylic acid groups (broad SMARTS) is 1. The van der Waals surface area contributed by atoms with E-state index in [0.29, 0.717) is 17.9 Å². The van der Waals surface area contributed by atoms with E-state index in [-0.39, 0.29) is 19.2 Å². The Balaban J connectivity index is 0.00000180. The van der Waals surface area contributed by atoms with Crippen LogP contribution in [0.2, 0.25) is 0 Å². The molecule has 1 aromatic heterocycles. The fourth-order valence-electron chi connectivity index (χ4n) is 4.10. The van der Waals surface area contributed by atoms with Crippen LogP contribution in [0.3, 0.4) is 0 Å². The highest BCUT2D eigenvalue weighted by molar-refractivity contribution is 5.87. The lowest BCUT2D eigenvalue weighted by Crippen LogP contribution is -2.54. The normalized spacial score (nSPS) is 22.9. The Hall–Kier alpha value is -2.70. The number of H-pyrrole nitrogens is 1. The monoisotopic (exact) mass is 386 g/mol. The highest BCUT2D eigenvalue weighted by atomic mass is 35.5.